The molecule has 1 amide bonds. The van der Waals surface area contributed by atoms with E-state index in [1.54, 1.807) is 6.08 Å². The molecule has 0 aromatic carbocycles. The van der Waals surface area contributed by atoms with E-state index in [0.29, 0.717) is 6.42 Å². The molecule has 6 N–H and O–H groups in total. The van der Waals surface area contributed by atoms with Gasteiger partial charge in [-0.05, 0) is 19.3 Å². The van der Waals surface area contributed by atoms with Gasteiger partial charge in [-0.3, -0.25) is 4.79 Å². The van der Waals surface area contributed by atoms with Crippen LogP contribution in [-0.2, 0) is 14.3 Å². The van der Waals surface area contributed by atoms with Gasteiger partial charge in [0, 0.05) is 6.42 Å². The molecule has 9 nitrogen and oxygen atoms in total. The van der Waals surface area contributed by atoms with Gasteiger partial charge in [-0.15, -0.1) is 0 Å². The van der Waals surface area contributed by atoms with Crippen molar-refractivity contribution in [2.45, 2.75) is 371 Å². The number of ether oxygens (including phenoxy) is 2. The van der Waals surface area contributed by atoms with Crippen LogP contribution in [0.25, 0.3) is 0 Å². The summed E-state index contributed by atoms with van der Waals surface area (Å²) in [5, 5.41) is 54.6. The molecule has 1 rings (SSSR count). The number of hydrogen-bond donors (Lipinski definition) is 6. The Morgan fingerprint density at radius 2 is 0.764 bits per heavy atom. The Morgan fingerprint density at radius 3 is 1.08 bits per heavy atom. The van der Waals surface area contributed by atoms with E-state index in [2.05, 4.69) is 19.2 Å². The minimum Gasteiger partial charge on any atom is -0.394 e. The lowest BCUT2D eigenvalue weighted by atomic mass is 9.99. The van der Waals surface area contributed by atoms with E-state index in [1.807, 2.05) is 6.08 Å². The Kier molecular flexibility index (Phi) is 51.1. The van der Waals surface area contributed by atoms with Gasteiger partial charge < -0.3 is 40.3 Å². The SMILES string of the molecule is CCCCCCCCCCCCCCCCCCCCCCCCCCCCCCCCC/C=C/C(O)C(COC1OC(CO)C(O)C(O)C1O)NC(=O)CCCCCCCCCCCCCCCCCC. The lowest BCUT2D eigenvalue weighted by Gasteiger charge is -2.40. The molecule has 1 fully saturated rings. The number of allylic oxidation sites excluding steroid dienone is 1. The van der Waals surface area contributed by atoms with Gasteiger partial charge in [0.25, 0.3) is 0 Å². The van der Waals surface area contributed by atoms with Gasteiger partial charge in [0.05, 0.1) is 25.4 Å². The zero-order valence-corrected chi connectivity index (χ0v) is 47.7. The quantitative estimate of drug-likeness (QED) is 0.0261. The first kappa shape index (κ1) is 68.9. The van der Waals surface area contributed by atoms with Crippen molar-refractivity contribution in [3.63, 3.8) is 0 Å². The molecular weight excluding hydrogens is 899 g/mol. The maximum atomic E-state index is 13.0. The molecule has 1 saturated heterocycles. The number of unbranched alkanes of at least 4 members (excludes halogenated alkanes) is 46. The fraction of sp³-hybridized carbons (Fsp3) is 0.952. The largest absolute Gasteiger partial charge is 0.394 e. The van der Waals surface area contributed by atoms with Crippen LogP contribution >= 0.6 is 0 Å². The van der Waals surface area contributed by atoms with Gasteiger partial charge in [0.2, 0.25) is 5.91 Å². The van der Waals surface area contributed by atoms with E-state index < -0.39 is 49.5 Å². The van der Waals surface area contributed by atoms with Crippen LogP contribution in [0.5, 0.6) is 0 Å². The number of carbonyl (C=O) groups is 1. The van der Waals surface area contributed by atoms with Crippen molar-refractivity contribution in [2.75, 3.05) is 13.2 Å². The number of hydrogen-bond acceptors (Lipinski definition) is 8. The van der Waals surface area contributed by atoms with Crippen LogP contribution < -0.4 is 5.32 Å². The molecule has 0 spiro atoms. The summed E-state index contributed by atoms with van der Waals surface area (Å²) >= 11 is 0. The zero-order chi connectivity index (χ0) is 52.2. The molecule has 0 saturated carbocycles. The van der Waals surface area contributed by atoms with Crippen LogP contribution in [0.1, 0.15) is 328 Å². The number of nitrogens with one attached hydrogen (secondary N) is 1. The summed E-state index contributed by atoms with van der Waals surface area (Å²) in [4.78, 5) is 13.0. The monoisotopic (exact) mass is 1020 g/mol. The highest BCUT2D eigenvalue weighted by molar-refractivity contribution is 5.76. The molecule has 0 aliphatic carbocycles. The number of aliphatic hydroxyl groups is 5. The molecule has 428 valence electrons. The number of rotatable bonds is 56. The molecule has 7 atom stereocenters. The van der Waals surface area contributed by atoms with E-state index in [-0.39, 0.29) is 12.5 Å². The summed E-state index contributed by atoms with van der Waals surface area (Å²) in [6, 6.07) is -0.800. The van der Waals surface area contributed by atoms with Gasteiger partial charge in [-0.25, -0.2) is 0 Å². The van der Waals surface area contributed by atoms with Crippen LogP contribution in [0.15, 0.2) is 12.2 Å². The molecule has 0 radical (unpaired) electrons. The second kappa shape index (κ2) is 53.3. The fourth-order valence-electron chi connectivity index (χ4n) is 10.6. The fourth-order valence-corrected chi connectivity index (χ4v) is 10.6. The maximum absolute atomic E-state index is 13.0. The molecule has 0 aromatic heterocycles. The summed E-state index contributed by atoms with van der Waals surface area (Å²) in [7, 11) is 0. The van der Waals surface area contributed by atoms with Gasteiger partial charge >= 0.3 is 0 Å². The third-order valence-corrected chi connectivity index (χ3v) is 15.6. The normalized spacial score (nSPS) is 19.1. The molecule has 0 bridgehead atoms. The lowest BCUT2D eigenvalue weighted by molar-refractivity contribution is -0.302. The highest BCUT2D eigenvalue weighted by atomic mass is 16.7. The lowest BCUT2D eigenvalue weighted by Crippen LogP contribution is -2.60. The van der Waals surface area contributed by atoms with Crippen LogP contribution in [0.2, 0.25) is 0 Å². The summed E-state index contributed by atoms with van der Waals surface area (Å²) in [6.45, 7) is 3.83. The maximum Gasteiger partial charge on any atom is 0.220 e. The molecule has 9 heteroatoms. The van der Waals surface area contributed by atoms with E-state index in [9.17, 15) is 30.3 Å². The highest BCUT2D eigenvalue weighted by Crippen LogP contribution is 2.23. The van der Waals surface area contributed by atoms with Crippen molar-refractivity contribution in [2.24, 2.45) is 0 Å². The van der Waals surface area contributed by atoms with Crippen molar-refractivity contribution >= 4 is 5.91 Å². The Morgan fingerprint density at radius 1 is 0.458 bits per heavy atom. The second-order valence-corrected chi connectivity index (χ2v) is 22.6. The summed E-state index contributed by atoms with van der Waals surface area (Å²) in [6.07, 6.45) is 60.2. The smallest absolute Gasteiger partial charge is 0.220 e. The van der Waals surface area contributed by atoms with Crippen LogP contribution in [0, 0.1) is 0 Å². The van der Waals surface area contributed by atoms with Crippen molar-refractivity contribution in [3.05, 3.63) is 12.2 Å². The van der Waals surface area contributed by atoms with Gasteiger partial charge in [0.1, 0.15) is 24.4 Å². The van der Waals surface area contributed by atoms with E-state index in [0.717, 1.165) is 38.5 Å². The second-order valence-electron chi connectivity index (χ2n) is 22.6. The predicted octanol–water partition coefficient (Wildman–Crippen LogP) is 16.4. The van der Waals surface area contributed by atoms with Crippen molar-refractivity contribution in [1.82, 2.24) is 5.32 Å². The number of aliphatic hydroxyl groups excluding tert-OH is 5. The van der Waals surface area contributed by atoms with Crippen LogP contribution in [0.3, 0.4) is 0 Å². The summed E-state index contributed by atoms with van der Waals surface area (Å²) < 4.78 is 11.3. The third-order valence-electron chi connectivity index (χ3n) is 15.6. The highest BCUT2D eigenvalue weighted by Gasteiger charge is 2.44. The molecule has 72 heavy (non-hydrogen) atoms. The first-order chi connectivity index (χ1) is 35.3. The minimum atomic E-state index is -1.56. The Bertz CT molecular complexity index is 1140. The van der Waals surface area contributed by atoms with E-state index in [4.69, 9.17) is 9.47 Å². The van der Waals surface area contributed by atoms with Crippen LogP contribution in [-0.4, -0.2) is 87.5 Å². The minimum absolute atomic E-state index is 0.170. The first-order valence-electron chi connectivity index (χ1n) is 31.9. The molecular formula is C63H123NO8. The van der Waals surface area contributed by atoms with Gasteiger partial charge in [0.15, 0.2) is 6.29 Å². The first-order valence-corrected chi connectivity index (χ1v) is 31.9. The topological polar surface area (TPSA) is 149 Å². The average Bonchev–Trinajstić information content (AvgIpc) is 3.38. The summed E-state index contributed by atoms with van der Waals surface area (Å²) in [5.41, 5.74) is 0. The Hall–Kier alpha value is -1.07. The molecule has 1 aliphatic heterocycles. The molecule has 1 aliphatic rings. The Labute approximate surface area is 446 Å². The average molecular weight is 1020 g/mol. The van der Waals surface area contributed by atoms with E-state index >= 15 is 0 Å². The number of carbonyl (C=O) groups excluding carboxylic acids is 1. The van der Waals surface area contributed by atoms with Crippen molar-refractivity contribution in [3.8, 4) is 0 Å². The molecule has 1 heterocycles. The van der Waals surface area contributed by atoms with Crippen molar-refractivity contribution < 1.29 is 39.8 Å². The Balaban J connectivity index is 2.11. The molecule has 0 aromatic rings. The van der Waals surface area contributed by atoms with Gasteiger partial charge in [-0.1, -0.05) is 315 Å². The zero-order valence-electron chi connectivity index (χ0n) is 47.7. The van der Waals surface area contributed by atoms with Crippen LogP contribution in [0.4, 0.5) is 0 Å². The standard InChI is InChI=1S/C63H123NO8/c1-3-5-7-9-11-13-15-17-19-21-22-23-24-25-26-27-28-29-30-31-32-33-34-35-36-37-38-40-42-44-46-48-50-52-57(66)56(55-71-63-62(70)61(69)60(68)58(54-65)72-63)64-59(67)53-51-49-47-45-43-41-39-20-18-16-14-12-10-8-6-4-2/h50,52,56-58,60-63,65-66,68-70H,3-49,51,53-55H2,1-2H3,(H,64,67)/b52-50+. The number of amides is 1. The summed E-state index contributed by atoms with van der Waals surface area (Å²) in [5.74, 6) is -0.170. The third kappa shape index (κ3) is 42.1. The predicted molar refractivity (Wildman–Crippen MR) is 304 cm³/mol. The molecule has 7 unspecified atom stereocenters. The van der Waals surface area contributed by atoms with Gasteiger partial charge in [-0.2, -0.15) is 0 Å². The van der Waals surface area contributed by atoms with E-state index in [1.165, 1.54) is 270 Å². The van der Waals surface area contributed by atoms with Crippen molar-refractivity contribution in [1.29, 1.82) is 0 Å².